The lowest BCUT2D eigenvalue weighted by atomic mass is 10.0. The molecule has 0 saturated carbocycles. The molecule has 3 rings (SSSR count). The van der Waals surface area contributed by atoms with Crippen molar-refractivity contribution in [2.75, 3.05) is 31.4 Å². The number of thioether (sulfide) groups is 1. The van der Waals surface area contributed by atoms with E-state index in [9.17, 15) is 0 Å². The maximum atomic E-state index is 6.00. The Bertz CT molecular complexity index is 597. The summed E-state index contributed by atoms with van der Waals surface area (Å²) in [5.41, 5.74) is 2.60. The average Bonchev–Trinajstić information content (AvgIpc) is 2.89. The molecule has 0 N–H and O–H groups in total. The molecule has 0 radical (unpaired) electrons. The first-order valence-electron chi connectivity index (χ1n) is 6.86. The zero-order valence-electron chi connectivity index (χ0n) is 11.9. The van der Waals surface area contributed by atoms with Gasteiger partial charge in [-0.25, -0.2) is 0 Å². The smallest absolute Gasteiger partial charge is 0.121 e. The van der Waals surface area contributed by atoms with Crippen LogP contribution in [0.25, 0.3) is 0 Å². The molecule has 0 fully saturated rings. The van der Waals surface area contributed by atoms with Gasteiger partial charge in [0, 0.05) is 42.4 Å². The van der Waals surface area contributed by atoms with Crippen molar-refractivity contribution in [3.05, 3.63) is 54.1 Å². The Morgan fingerprint density at radius 3 is 2.85 bits per heavy atom. The Kier molecular flexibility index (Phi) is 3.88. The first-order chi connectivity index (χ1) is 9.74. The second kappa shape index (κ2) is 5.80. The molecule has 0 bridgehead atoms. The van der Waals surface area contributed by atoms with Crippen LogP contribution in [-0.4, -0.2) is 26.5 Å². The van der Waals surface area contributed by atoms with Crippen LogP contribution in [-0.2, 0) is 0 Å². The molecular formula is C17H19NOS. The van der Waals surface area contributed by atoms with Crippen LogP contribution in [0.1, 0.15) is 11.5 Å². The number of anilines is 1. The topological polar surface area (TPSA) is 12.5 Å². The number of rotatable bonds is 4. The van der Waals surface area contributed by atoms with E-state index in [1.807, 2.05) is 38.0 Å². The highest BCUT2D eigenvalue weighted by atomic mass is 32.2. The number of ether oxygens (including phenoxy) is 1. The summed E-state index contributed by atoms with van der Waals surface area (Å²) in [6.45, 7) is 0.751. The summed E-state index contributed by atoms with van der Waals surface area (Å²) in [5, 5.41) is 0. The Morgan fingerprint density at radius 1 is 1.15 bits per heavy atom. The van der Waals surface area contributed by atoms with Gasteiger partial charge in [0.1, 0.15) is 5.75 Å². The van der Waals surface area contributed by atoms with Gasteiger partial charge >= 0.3 is 0 Å². The number of hydrogen-bond acceptors (Lipinski definition) is 3. The second-order valence-electron chi connectivity index (χ2n) is 5.25. The Labute approximate surface area is 124 Å². The Hall–Kier alpha value is -1.61. The van der Waals surface area contributed by atoms with Crippen LogP contribution in [0.15, 0.2) is 53.4 Å². The lowest BCUT2D eigenvalue weighted by Gasteiger charge is -2.16. The van der Waals surface area contributed by atoms with Gasteiger partial charge in [0.15, 0.2) is 0 Å². The van der Waals surface area contributed by atoms with Crippen molar-refractivity contribution in [3.63, 3.8) is 0 Å². The first-order valence-corrected chi connectivity index (χ1v) is 7.84. The standard InChI is InChI=1S/C17H19NOS/c1-18(2)14-6-5-7-15(10-14)19-11-13-12-20-17-9-4-3-8-16(13)17/h3-10,13H,11-12H2,1-2H3. The van der Waals surface area contributed by atoms with Crippen LogP contribution in [0.2, 0.25) is 0 Å². The quantitative estimate of drug-likeness (QED) is 0.842. The van der Waals surface area contributed by atoms with Crippen LogP contribution in [0.4, 0.5) is 5.69 Å². The molecule has 0 saturated heterocycles. The number of benzene rings is 2. The van der Waals surface area contributed by atoms with Gasteiger partial charge in [-0.3, -0.25) is 0 Å². The Morgan fingerprint density at radius 2 is 2.00 bits per heavy atom. The summed E-state index contributed by atoms with van der Waals surface area (Å²) in [6.07, 6.45) is 0. The molecule has 3 heteroatoms. The second-order valence-corrected chi connectivity index (χ2v) is 6.31. The zero-order chi connectivity index (χ0) is 13.9. The molecule has 1 atom stereocenters. The monoisotopic (exact) mass is 285 g/mol. The fourth-order valence-corrected chi connectivity index (χ4v) is 3.65. The molecule has 1 unspecified atom stereocenters. The molecule has 0 spiro atoms. The van der Waals surface area contributed by atoms with E-state index in [2.05, 4.69) is 41.3 Å². The van der Waals surface area contributed by atoms with Crippen molar-refractivity contribution in [3.8, 4) is 5.75 Å². The van der Waals surface area contributed by atoms with E-state index >= 15 is 0 Å². The molecule has 0 aliphatic carbocycles. The normalized spacial score (nSPS) is 16.8. The van der Waals surface area contributed by atoms with Gasteiger partial charge in [0.25, 0.3) is 0 Å². The van der Waals surface area contributed by atoms with Crippen LogP contribution in [0, 0.1) is 0 Å². The third kappa shape index (κ3) is 2.78. The number of hydrogen-bond donors (Lipinski definition) is 0. The molecule has 104 valence electrons. The van der Waals surface area contributed by atoms with Crippen molar-refractivity contribution in [1.29, 1.82) is 0 Å². The van der Waals surface area contributed by atoms with E-state index in [1.54, 1.807) is 0 Å². The summed E-state index contributed by atoms with van der Waals surface area (Å²) in [6, 6.07) is 16.9. The minimum atomic E-state index is 0.499. The molecule has 1 heterocycles. The average molecular weight is 285 g/mol. The van der Waals surface area contributed by atoms with Crippen molar-refractivity contribution >= 4 is 17.4 Å². The lowest BCUT2D eigenvalue weighted by Crippen LogP contribution is -2.11. The van der Waals surface area contributed by atoms with E-state index in [4.69, 9.17) is 4.74 Å². The van der Waals surface area contributed by atoms with E-state index in [-0.39, 0.29) is 0 Å². The molecule has 2 nitrogen and oxygen atoms in total. The van der Waals surface area contributed by atoms with E-state index in [0.29, 0.717) is 5.92 Å². The van der Waals surface area contributed by atoms with Crippen LogP contribution in [0.5, 0.6) is 5.75 Å². The van der Waals surface area contributed by atoms with Gasteiger partial charge in [-0.1, -0.05) is 24.3 Å². The van der Waals surface area contributed by atoms with Crippen molar-refractivity contribution in [2.24, 2.45) is 0 Å². The SMILES string of the molecule is CN(C)c1cccc(OCC2CSc3ccccc32)c1. The van der Waals surface area contributed by atoms with Crippen molar-refractivity contribution < 1.29 is 4.74 Å². The Balaban J connectivity index is 1.67. The van der Waals surface area contributed by atoms with Crippen LogP contribution >= 0.6 is 11.8 Å². The highest BCUT2D eigenvalue weighted by Crippen LogP contribution is 2.39. The summed E-state index contributed by atoms with van der Waals surface area (Å²) in [4.78, 5) is 3.50. The van der Waals surface area contributed by atoms with Gasteiger partial charge in [-0.15, -0.1) is 11.8 Å². The van der Waals surface area contributed by atoms with Crippen LogP contribution in [0.3, 0.4) is 0 Å². The van der Waals surface area contributed by atoms with Gasteiger partial charge in [0.05, 0.1) is 6.61 Å². The van der Waals surface area contributed by atoms with Gasteiger partial charge in [-0.2, -0.15) is 0 Å². The third-order valence-corrected chi connectivity index (χ3v) is 4.84. The molecule has 1 aliphatic rings. The summed E-state index contributed by atoms with van der Waals surface area (Å²) in [7, 11) is 4.09. The van der Waals surface area contributed by atoms with E-state index in [1.165, 1.54) is 16.1 Å². The molecule has 0 aromatic heterocycles. The fourth-order valence-electron chi connectivity index (χ4n) is 2.42. The maximum Gasteiger partial charge on any atom is 0.121 e. The van der Waals surface area contributed by atoms with Gasteiger partial charge in [-0.05, 0) is 23.8 Å². The van der Waals surface area contributed by atoms with E-state index in [0.717, 1.165) is 18.1 Å². The highest BCUT2D eigenvalue weighted by molar-refractivity contribution is 7.99. The molecule has 20 heavy (non-hydrogen) atoms. The molecular weight excluding hydrogens is 266 g/mol. The maximum absolute atomic E-state index is 6.00. The van der Waals surface area contributed by atoms with E-state index < -0.39 is 0 Å². The predicted molar refractivity (Wildman–Crippen MR) is 86.2 cm³/mol. The minimum Gasteiger partial charge on any atom is -0.493 e. The third-order valence-electron chi connectivity index (χ3n) is 3.58. The van der Waals surface area contributed by atoms with Crippen LogP contribution < -0.4 is 9.64 Å². The first kappa shape index (κ1) is 13.4. The van der Waals surface area contributed by atoms with Gasteiger partial charge in [0.2, 0.25) is 0 Å². The minimum absolute atomic E-state index is 0.499. The van der Waals surface area contributed by atoms with Crippen molar-refractivity contribution in [1.82, 2.24) is 0 Å². The fraction of sp³-hybridized carbons (Fsp3) is 0.294. The van der Waals surface area contributed by atoms with Gasteiger partial charge < -0.3 is 9.64 Å². The molecule has 2 aromatic carbocycles. The highest BCUT2D eigenvalue weighted by Gasteiger charge is 2.23. The largest absolute Gasteiger partial charge is 0.493 e. The number of fused-ring (bicyclic) bond motifs is 1. The predicted octanol–water partition coefficient (Wildman–Crippen LogP) is 4.02. The lowest BCUT2D eigenvalue weighted by molar-refractivity contribution is 0.298. The van der Waals surface area contributed by atoms with Crippen molar-refractivity contribution in [2.45, 2.75) is 10.8 Å². The summed E-state index contributed by atoms with van der Waals surface area (Å²) >= 11 is 1.93. The molecule has 0 amide bonds. The number of nitrogens with zero attached hydrogens (tertiary/aromatic N) is 1. The zero-order valence-corrected chi connectivity index (χ0v) is 12.7. The summed E-state index contributed by atoms with van der Waals surface area (Å²) < 4.78 is 6.00. The molecule has 2 aromatic rings. The molecule has 1 aliphatic heterocycles. The summed E-state index contributed by atoms with van der Waals surface area (Å²) in [5.74, 6) is 2.57.